The van der Waals surface area contributed by atoms with E-state index in [4.69, 9.17) is 11.6 Å². The minimum atomic E-state index is -0.967. The Hall–Kier alpha value is -1.20. The van der Waals surface area contributed by atoms with Crippen LogP contribution in [0.2, 0.25) is 5.02 Å². The zero-order valence-corrected chi connectivity index (χ0v) is 11.8. The lowest BCUT2D eigenvalue weighted by molar-refractivity contribution is 0.547. The molecule has 0 saturated carbocycles. The lowest BCUT2D eigenvalue weighted by atomic mass is 10.2. The number of benzene rings is 2. The van der Waals surface area contributed by atoms with Gasteiger partial charge in [0.1, 0.15) is 11.5 Å². The van der Waals surface area contributed by atoms with Gasteiger partial charge in [0.25, 0.3) is 0 Å². The average Bonchev–Trinajstić information content (AvgIpc) is 2.32. The zero-order chi connectivity index (χ0) is 14.0. The summed E-state index contributed by atoms with van der Waals surface area (Å²) in [5, 5.41) is 3.14. The molecule has 0 aliphatic rings. The Labute approximate surface area is 121 Å². The van der Waals surface area contributed by atoms with Crippen LogP contribution in [-0.2, 0) is 6.54 Å². The first-order valence-electron chi connectivity index (χ1n) is 5.29. The SMILES string of the molecule is Fc1cc(F)c(NCc2ccc(Cl)c(Br)c2)c(F)c1. The number of hydrogen-bond acceptors (Lipinski definition) is 1. The molecule has 2 aromatic carbocycles. The molecule has 19 heavy (non-hydrogen) atoms. The van der Waals surface area contributed by atoms with Crippen molar-refractivity contribution >= 4 is 33.2 Å². The number of hydrogen-bond donors (Lipinski definition) is 1. The van der Waals surface area contributed by atoms with Crippen molar-refractivity contribution in [3.8, 4) is 0 Å². The summed E-state index contributed by atoms with van der Waals surface area (Å²) < 4.78 is 40.2. The van der Waals surface area contributed by atoms with Gasteiger partial charge in [-0.3, -0.25) is 0 Å². The first-order chi connectivity index (χ1) is 8.97. The van der Waals surface area contributed by atoms with E-state index in [1.165, 1.54) is 0 Å². The summed E-state index contributed by atoms with van der Waals surface area (Å²) in [6, 6.07) is 6.38. The van der Waals surface area contributed by atoms with Crippen molar-refractivity contribution in [2.24, 2.45) is 0 Å². The maximum Gasteiger partial charge on any atom is 0.152 e. The van der Waals surface area contributed by atoms with Crippen LogP contribution in [0.4, 0.5) is 18.9 Å². The van der Waals surface area contributed by atoms with Crippen molar-refractivity contribution in [1.82, 2.24) is 0 Å². The highest BCUT2D eigenvalue weighted by Gasteiger charge is 2.11. The van der Waals surface area contributed by atoms with E-state index < -0.39 is 17.5 Å². The number of nitrogens with one attached hydrogen (secondary N) is 1. The molecular weight excluding hydrogens is 343 g/mol. The minimum Gasteiger partial charge on any atom is -0.376 e. The van der Waals surface area contributed by atoms with Crippen LogP contribution in [0.5, 0.6) is 0 Å². The van der Waals surface area contributed by atoms with Gasteiger partial charge in [-0.1, -0.05) is 17.7 Å². The molecule has 0 spiro atoms. The summed E-state index contributed by atoms with van der Waals surface area (Å²) in [7, 11) is 0. The smallest absolute Gasteiger partial charge is 0.152 e. The molecule has 0 aliphatic heterocycles. The highest BCUT2D eigenvalue weighted by atomic mass is 79.9. The molecule has 0 radical (unpaired) electrons. The molecule has 0 unspecified atom stereocenters. The van der Waals surface area contributed by atoms with E-state index in [1.807, 2.05) is 0 Å². The molecule has 0 aromatic heterocycles. The van der Waals surface area contributed by atoms with Gasteiger partial charge in [-0.15, -0.1) is 0 Å². The van der Waals surface area contributed by atoms with Crippen LogP contribution in [0.15, 0.2) is 34.8 Å². The Bertz CT molecular complexity index is 596. The van der Waals surface area contributed by atoms with Crippen LogP contribution in [0.25, 0.3) is 0 Å². The van der Waals surface area contributed by atoms with E-state index >= 15 is 0 Å². The Morgan fingerprint density at radius 3 is 2.26 bits per heavy atom. The molecule has 6 heteroatoms. The van der Waals surface area contributed by atoms with Crippen molar-refractivity contribution < 1.29 is 13.2 Å². The maximum atomic E-state index is 13.4. The van der Waals surface area contributed by atoms with Crippen LogP contribution in [0.3, 0.4) is 0 Å². The Kier molecular flexibility index (Phi) is 4.37. The molecule has 0 aliphatic carbocycles. The van der Waals surface area contributed by atoms with Crippen molar-refractivity contribution in [3.05, 3.63) is 62.8 Å². The van der Waals surface area contributed by atoms with Crippen LogP contribution in [-0.4, -0.2) is 0 Å². The van der Waals surface area contributed by atoms with E-state index in [0.717, 1.165) is 5.56 Å². The van der Waals surface area contributed by atoms with Crippen molar-refractivity contribution in [2.45, 2.75) is 6.54 Å². The molecule has 100 valence electrons. The standard InChI is InChI=1S/C13H8BrClF3N/c14-9-3-7(1-2-10(9)15)6-19-13-11(17)4-8(16)5-12(13)18/h1-5,19H,6H2. The van der Waals surface area contributed by atoms with Crippen molar-refractivity contribution in [3.63, 3.8) is 0 Å². The molecular formula is C13H8BrClF3N. The van der Waals surface area contributed by atoms with Gasteiger partial charge >= 0.3 is 0 Å². The third-order valence-electron chi connectivity index (χ3n) is 2.46. The van der Waals surface area contributed by atoms with E-state index in [0.29, 0.717) is 21.6 Å². The first kappa shape index (κ1) is 14.2. The summed E-state index contributed by atoms with van der Waals surface area (Å²) >= 11 is 9.09. The Morgan fingerprint density at radius 1 is 1.05 bits per heavy atom. The fraction of sp³-hybridized carbons (Fsp3) is 0.0769. The highest BCUT2D eigenvalue weighted by molar-refractivity contribution is 9.10. The van der Waals surface area contributed by atoms with E-state index in [9.17, 15) is 13.2 Å². The maximum absolute atomic E-state index is 13.4. The van der Waals surface area contributed by atoms with Gasteiger partial charge < -0.3 is 5.32 Å². The normalized spacial score (nSPS) is 10.6. The highest BCUT2D eigenvalue weighted by Crippen LogP contribution is 2.25. The summed E-state index contributed by atoms with van der Waals surface area (Å²) in [5.41, 5.74) is 0.423. The molecule has 0 fully saturated rings. The number of anilines is 1. The summed E-state index contributed by atoms with van der Waals surface area (Å²) in [4.78, 5) is 0. The third kappa shape index (κ3) is 3.42. The van der Waals surface area contributed by atoms with Crippen LogP contribution < -0.4 is 5.32 Å². The third-order valence-corrected chi connectivity index (χ3v) is 3.67. The second-order valence-corrected chi connectivity index (χ2v) is 5.11. The lowest BCUT2D eigenvalue weighted by Gasteiger charge is -2.09. The summed E-state index contributed by atoms with van der Waals surface area (Å²) in [6.45, 7) is 0.190. The summed E-state index contributed by atoms with van der Waals surface area (Å²) in [5.74, 6) is -2.88. The topological polar surface area (TPSA) is 12.0 Å². The fourth-order valence-corrected chi connectivity index (χ4v) is 2.09. The second-order valence-electron chi connectivity index (χ2n) is 3.85. The van der Waals surface area contributed by atoms with Gasteiger partial charge in [0.05, 0.1) is 5.02 Å². The molecule has 0 heterocycles. The second kappa shape index (κ2) is 5.84. The summed E-state index contributed by atoms with van der Waals surface area (Å²) in [6.07, 6.45) is 0. The van der Waals surface area contributed by atoms with Crippen LogP contribution >= 0.6 is 27.5 Å². The quantitative estimate of drug-likeness (QED) is 0.809. The van der Waals surface area contributed by atoms with Crippen molar-refractivity contribution in [2.75, 3.05) is 5.32 Å². The van der Waals surface area contributed by atoms with E-state index in [1.54, 1.807) is 18.2 Å². The molecule has 1 N–H and O–H groups in total. The fourth-order valence-electron chi connectivity index (χ4n) is 1.55. The number of rotatable bonds is 3. The average molecular weight is 351 g/mol. The van der Waals surface area contributed by atoms with Gasteiger partial charge in [-0.25, -0.2) is 13.2 Å². The monoisotopic (exact) mass is 349 g/mol. The predicted molar refractivity (Wildman–Crippen MR) is 72.8 cm³/mol. The van der Waals surface area contributed by atoms with E-state index in [-0.39, 0.29) is 12.2 Å². The molecule has 0 saturated heterocycles. The van der Waals surface area contributed by atoms with Gasteiger partial charge in [0.15, 0.2) is 11.6 Å². The molecule has 0 bridgehead atoms. The van der Waals surface area contributed by atoms with Crippen LogP contribution in [0, 0.1) is 17.5 Å². The van der Waals surface area contributed by atoms with Crippen molar-refractivity contribution in [1.29, 1.82) is 0 Å². The van der Waals surface area contributed by atoms with Gasteiger partial charge in [0.2, 0.25) is 0 Å². The largest absolute Gasteiger partial charge is 0.376 e. The predicted octanol–water partition coefficient (Wildman–Crippen LogP) is 5.13. The molecule has 0 amide bonds. The first-order valence-corrected chi connectivity index (χ1v) is 6.47. The molecule has 2 aromatic rings. The number of halogens is 5. The Morgan fingerprint density at radius 2 is 1.68 bits per heavy atom. The zero-order valence-electron chi connectivity index (χ0n) is 9.48. The molecule has 0 atom stereocenters. The lowest BCUT2D eigenvalue weighted by Crippen LogP contribution is -2.04. The van der Waals surface area contributed by atoms with E-state index in [2.05, 4.69) is 21.2 Å². The van der Waals surface area contributed by atoms with Crippen LogP contribution in [0.1, 0.15) is 5.56 Å². The van der Waals surface area contributed by atoms with Gasteiger partial charge in [-0.2, -0.15) is 0 Å². The Balaban J connectivity index is 2.16. The molecule has 1 nitrogen and oxygen atoms in total. The molecule has 2 rings (SSSR count). The minimum absolute atomic E-state index is 0.190. The van der Waals surface area contributed by atoms with Gasteiger partial charge in [-0.05, 0) is 33.6 Å². The van der Waals surface area contributed by atoms with Gasteiger partial charge in [0, 0.05) is 23.2 Å².